The number of nitrogens with zero attached hydrogens (tertiary/aromatic N) is 2. The van der Waals surface area contributed by atoms with Crippen LogP contribution in [0.2, 0.25) is 0 Å². The van der Waals surface area contributed by atoms with Gasteiger partial charge in [-0.3, -0.25) is 9.69 Å². The van der Waals surface area contributed by atoms with E-state index >= 15 is 0 Å². The van der Waals surface area contributed by atoms with Crippen molar-refractivity contribution in [1.82, 2.24) is 15.1 Å². The Labute approximate surface area is 203 Å². The summed E-state index contributed by atoms with van der Waals surface area (Å²) in [6, 6.07) is 13.6. The average molecular weight is 470 g/mol. The van der Waals surface area contributed by atoms with Crippen molar-refractivity contribution in [3.63, 3.8) is 0 Å². The lowest BCUT2D eigenvalue weighted by Crippen LogP contribution is -2.58. The van der Waals surface area contributed by atoms with Crippen molar-refractivity contribution in [3.05, 3.63) is 48.0 Å². The van der Waals surface area contributed by atoms with Gasteiger partial charge in [0, 0.05) is 37.8 Å². The quantitative estimate of drug-likeness (QED) is 0.610. The van der Waals surface area contributed by atoms with Gasteiger partial charge in [0.05, 0.1) is 12.6 Å². The fraction of sp³-hybridized carbons (Fsp3) is 0.556. The first-order chi connectivity index (χ1) is 16.2. The van der Waals surface area contributed by atoms with Gasteiger partial charge in [0.25, 0.3) is 5.91 Å². The molecule has 1 aliphatic heterocycles. The smallest absolute Gasteiger partial charge is 0.407 e. The molecule has 2 aromatic rings. The third-order valence-electron chi connectivity index (χ3n) is 6.20. The van der Waals surface area contributed by atoms with Crippen LogP contribution in [0.5, 0.6) is 0 Å². The van der Waals surface area contributed by atoms with E-state index in [0.29, 0.717) is 26.2 Å². The molecule has 2 atom stereocenters. The third-order valence-corrected chi connectivity index (χ3v) is 6.20. The molecule has 0 aliphatic carbocycles. The molecule has 1 heterocycles. The summed E-state index contributed by atoms with van der Waals surface area (Å²) >= 11 is 0. The van der Waals surface area contributed by atoms with Gasteiger partial charge in [-0.15, -0.1) is 0 Å². The van der Waals surface area contributed by atoms with Gasteiger partial charge in [-0.1, -0.05) is 56.2 Å². The Balaban J connectivity index is 1.70. The number of carbonyl (C=O) groups excluding carboxylic acids is 2. The number of hydrogen-bond donors (Lipinski definition) is 2. The molecule has 0 saturated carbocycles. The van der Waals surface area contributed by atoms with Crippen LogP contribution in [0, 0.1) is 0 Å². The third kappa shape index (κ3) is 6.93. The highest BCUT2D eigenvalue weighted by Crippen LogP contribution is 2.23. The Morgan fingerprint density at radius 2 is 1.88 bits per heavy atom. The Hall–Kier alpha value is -2.64. The van der Waals surface area contributed by atoms with Crippen molar-refractivity contribution in [2.75, 3.05) is 32.8 Å². The number of unbranched alkanes of at least 4 members (excludes halogenated alkanes) is 1. The van der Waals surface area contributed by atoms with Crippen LogP contribution in [-0.4, -0.2) is 77.4 Å². The van der Waals surface area contributed by atoms with E-state index in [9.17, 15) is 14.7 Å². The summed E-state index contributed by atoms with van der Waals surface area (Å²) in [7, 11) is 0. The lowest BCUT2D eigenvalue weighted by molar-refractivity contribution is 0.0327. The second-order valence-electron chi connectivity index (χ2n) is 10.1. The van der Waals surface area contributed by atoms with Crippen molar-refractivity contribution in [3.8, 4) is 0 Å². The number of rotatable bonds is 8. The van der Waals surface area contributed by atoms with Crippen molar-refractivity contribution in [1.29, 1.82) is 0 Å². The van der Waals surface area contributed by atoms with Crippen molar-refractivity contribution < 1.29 is 19.4 Å². The number of alkyl carbamates (subject to hydrolysis) is 1. The normalized spacial score (nSPS) is 18.0. The molecule has 3 rings (SSSR count). The summed E-state index contributed by atoms with van der Waals surface area (Å²) in [5.41, 5.74) is 0.141. The zero-order chi connectivity index (χ0) is 24.7. The van der Waals surface area contributed by atoms with Crippen molar-refractivity contribution in [2.24, 2.45) is 0 Å². The van der Waals surface area contributed by atoms with Gasteiger partial charge in [0.15, 0.2) is 0 Å². The van der Waals surface area contributed by atoms with Gasteiger partial charge < -0.3 is 20.1 Å². The first-order valence-corrected chi connectivity index (χ1v) is 12.3. The highest BCUT2D eigenvalue weighted by atomic mass is 16.6. The molecule has 0 aromatic heterocycles. The van der Waals surface area contributed by atoms with E-state index in [1.165, 1.54) is 0 Å². The molecule has 7 nitrogen and oxygen atoms in total. The van der Waals surface area contributed by atoms with Crippen LogP contribution in [0.15, 0.2) is 42.5 Å². The number of aliphatic hydroxyl groups is 1. The fourth-order valence-corrected chi connectivity index (χ4v) is 4.52. The van der Waals surface area contributed by atoms with Crippen LogP contribution in [0.1, 0.15) is 57.3 Å². The number of carbonyl (C=O) groups is 2. The van der Waals surface area contributed by atoms with E-state index in [2.05, 4.69) is 17.1 Å². The molecule has 0 spiro atoms. The molecule has 1 fully saturated rings. The molecular formula is C27H39N3O4. The predicted molar refractivity (Wildman–Crippen MR) is 135 cm³/mol. The molecule has 2 N–H and O–H groups in total. The summed E-state index contributed by atoms with van der Waals surface area (Å²) in [5, 5.41) is 14.7. The van der Waals surface area contributed by atoms with Gasteiger partial charge in [-0.2, -0.15) is 0 Å². The monoisotopic (exact) mass is 469 g/mol. The summed E-state index contributed by atoms with van der Waals surface area (Å²) in [5.74, 6) is 0.0588. The van der Waals surface area contributed by atoms with Gasteiger partial charge in [-0.25, -0.2) is 4.79 Å². The number of amides is 2. The minimum atomic E-state index is -0.596. The van der Waals surface area contributed by atoms with E-state index in [4.69, 9.17) is 4.74 Å². The molecule has 0 radical (unpaired) electrons. The number of piperazine rings is 1. The second-order valence-corrected chi connectivity index (χ2v) is 10.1. The number of ether oxygens (including phenoxy) is 1. The summed E-state index contributed by atoms with van der Waals surface area (Å²) < 4.78 is 5.35. The maximum absolute atomic E-state index is 13.5. The molecule has 1 aliphatic rings. The van der Waals surface area contributed by atoms with Crippen LogP contribution >= 0.6 is 0 Å². The molecule has 2 aromatic carbocycles. The van der Waals surface area contributed by atoms with Crippen LogP contribution in [-0.2, 0) is 4.74 Å². The number of benzene rings is 2. The minimum absolute atomic E-state index is 0.0588. The maximum Gasteiger partial charge on any atom is 0.407 e. The first kappa shape index (κ1) is 26.0. The summed E-state index contributed by atoms with van der Waals surface area (Å²) in [6.45, 7) is 9.87. The lowest BCUT2D eigenvalue weighted by Gasteiger charge is -2.43. The molecule has 186 valence electrons. The minimum Gasteiger partial charge on any atom is -0.444 e. The topological polar surface area (TPSA) is 82.1 Å². The molecule has 2 amide bonds. The standard InChI is InChI=1S/C27H39N3O4/c1-5-6-12-22-18-30(25(32)24-14-9-11-20-10-7-8-13-23(20)24)16-15-29(22)17-21(19-31)28-26(33)34-27(2,3)4/h7-11,13-14,21-22,31H,5-6,12,15-19H2,1-4H3,(H,28,33)/t21-,22+/m1/s1. The average Bonchev–Trinajstić information content (AvgIpc) is 2.80. The SMILES string of the molecule is CCCC[C@H]1CN(C(=O)c2cccc3ccccc23)CCN1C[C@H](CO)NC(=O)OC(C)(C)C. The second kappa shape index (κ2) is 11.7. The van der Waals surface area contributed by atoms with Gasteiger partial charge in [0.1, 0.15) is 5.60 Å². The number of aliphatic hydroxyl groups excluding tert-OH is 1. The highest BCUT2D eigenvalue weighted by molar-refractivity contribution is 6.07. The first-order valence-electron chi connectivity index (χ1n) is 12.3. The molecule has 0 unspecified atom stereocenters. The van der Waals surface area contributed by atoms with E-state index in [0.717, 1.165) is 35.6 Å². The Bertz CT molecular complexity index is 966. The molecule has 0 bridgehead atoms. The van der Waals surface area contributed by atoms with Gasteiger partial charge in [0.2, 0.25) is 0 Å². The fourth-order valence-electron chi connectivity index (χ4n) is 4.52. The van der Waals surface area contributed by atoms with E-state index in [1.807, 2.05) is 68.1 Å². The predicted octanol–water partition coefficient (Wildman–Crippen LogP) is 4.04. The van der Waals surface area contributed by atoms with Crippen LogP contribution in [0.3, 0.4) is 0 Å². The molecule has 7 heteroatoms. The van der Waals surface area contributed by atoms with Crippen molar-refractivity contribution in [2.45, 2.75) is 64.6 Å². The maximum atomic E-state index is 13.5. The Morgan fingerprint density at radius 3 is 2.59 bits per heavy atom. The Morgan fingerprint density at radius 1 is 1.15 bits per heavy atom. The van der Waals surface area contributed by atoms with Gasteiger partial charge in [-0.05, 0) is 44.0 Å². The number of fused-ring (bicyclic) bond motifs is 1. The van der Waals surface area contributed by atoms with E-state index in [-0.39, 0.29) is 18.6 Å². The lowest BCUT2D eigenvalue weighted by atomic mass is 10.0. The zero-order valence-electron chi connectivity index (χ0n) is 20.9. The van der Waals surface area contributed by atoms with E-state index < -0.39 is 17.7 Å². The van der Waals surface area contributed by atoms with Crippen LogP contribution in [0.4, 0.5) is 4.79 Å². The van der Waals surface area contributed by atoms with Gasteiger partial charge >= 0.3 is 6.09 Å². The largest absolute Gasteiger partial charge is 0.444 e. The summed E-state index contributed by atoms with van der Waals surface area (Å²) in [4.78, 5) is 29.9. The number of hydrogen-bond acceptors (Lipinski definition) is 5. The molecular weight excluding hydrogens is 430 g/mol. The Kier molecular flexibility index (Phi) is 8.91. The van der Waals surface area contributed by atoms with Crippen molar-refractivity contribution >= 4 is 22.8 Å². The van der Waals surface area contributed by atoms with Crippen LogP contribution in [0.25, 0.3) is 10.8 Å². The number of nitrogens with one attached hydrogen (secondary N) is 1. The molecule has 34 heavy (non-hydrogen) atoms. The van der Waals surface area contributed by atoms with E-state index in [1.54, 1.807) is 0 Å². The zero-order valence-corrected chi connectivity index (χ0v) is 20.9. The summed E-state index contributed by atoms with van der Waals surface area (Å²) in [6.07, 6.45) is 2.56. The van der Waals surface area contributed by atoms with Crippen LogP contribution < -0.4 is 5.32 Å². The molecule has 1 saturated heterocycles. The highest BCUT2D eigenvalue weighted by Gasteiger charge is 2.32.